The highest BCUT2D eigenvalue weighted by molar-refractivity contribution is 5.84. The van der Waals surface area contributed by atoms with E-state index in [0.717, 1.165) is 0 Å². The summed E-state index contributed by atoms with van der Waals surface area (Å²) in [4.78, 5) is 11.1. The summed E-state index contributed by atoms with van der Waals surface area (Å²) >= 11 is 0. The molecule has 0 aromatic rings. The monoisotopic (exact) mass is 172 g/mol. The van der Waals surface area contributed by atoms with Crippen LogP contribution in [0.5, 0.6) is 0 Å². The predicted molar refractivity (Wildman–Crippen MR) is 44.7 cm³/mol. The summed E-state index contributed by atoms with van der Waals surface area (Å²) in [7, 11) is 0. The lowest BCUT2D eigenvalue weighted by Gasteiger charge is -2.19. The number of rotatable bonds is 2. The first-order chi connectivity index (χ1) is 5.46. The van der Waals surface area contributed by atoms with Crippen molar-refractivity contribution in [3.63, 3.8) is 0 Å². The maximum Gasteiger partial charge on any atom is 0.163 e. The third-order valence-corrected chi connectivity index (χ3v) is 2.19. The second-order valence-corrected chi connectivity index (χ2v) is 3.83. The standard InChI is InChI=1S/C9H16O3/c1-6(2)8-11-5-9(4,12-8)7(3)10/h6,8H,5H2,1-4H3. The van der Waals surface area contributed by atoms with Gasteiger partial charge in [0.25, 0.3) is 0 Å². The highest BCUT2D eigenvalue weighted by atomic mass is 16.7. The molecule has 0 spiro atoms. The lowest BCUT2D eigenvalue weighted by molar-refractivity contribution is -0.146. The van der Waals surface area contributed by atoms with Crippen molar-refractivity contribution in [2.75, 3.05) is 6.61 Å². The summed E-state index contributed by atoms with van der Waals surface area (Å²) in [5.41, 5.74) is -0.713. The van der Waals surface area contributed by atoms with Gasteiger partial charge in [0.2, 0.25) is 0 Å². The van der Waals surface area contributed by atoms with Crippen molar-refractivity contribution in [1.82, 2.24) is 0 Å². The molecule has 0 aromatic heterocycles. The Kier molecular flexibility index (Phi) is 2.54. The van der Waals surface area contributed by atoms with Crippen molar-refractivity contribution in [2.45, 2.75) is 39.6 Å². The van der Waals surface area contributed by atoms with Crippen LogP contribution >= 0.6 is 0 Å². The van der Waals surface area contributed by atoms with Crippen molar-refractivity contribution in [3.8, 4) is 0 Å². The molecule has 0 amide bonds. The molecule has 2 unspecified atom stereocenters. The fourth-order valence-electron chi connectivity index (χ4n) is 1.08. The molecule has 0 N–H and O–H groups in total. The minimum absolute atomic E-state index is 0.0330. The van der Waals surface area contributed by atoms with Gasteiger partial charge < -0.3 is 9.47 Å². The molecule has 1 fully saturated rings. The van der Waals surface area contributed by atoms with E-state index in [1.807, 2.05) is 13.8 Å². The fraction of sp³-hybridized carbons (Fsp3) is 0.889. The van der Waals surface area contributed by atoms with Crippen LogP contribution in [-0.2, 0) is 14.3 Å². The predicted octanol–water partition coefficient (Wildman–Crippen LogP) is 1.36. The van der Waals surface area contributed by atoms with Crippen LogP contribution in [0.2, 0.25) is 0 Å². The molecule has 0 saturated carbocycles. The van der Waals surface area contributed by atoms with Crippen LogP contribution in [-0.4, -0.2) is 24.3 Å². The summed E-state index contributed by atoms with van der Waals surface area (Å²) in [5, 5.41) is 0. The first-order valence-corrected chi connectivity index (χ1v) is 4.26. The Bertz CT molecular complexity index is 188. The highest BCUT2D eigenvalue weighted by Crippen LogP contribution is 2.27. The van der Waals surface area contributed by atoms with Crippen LogP contribution < -0.4 is 0 Å². The van der Waals surface area contributed by atoms with E-state index in [1.165, 1.54) is 6.92 Å². The van der Waals surface area contributed by atoms with E-state index >= 15 is 0 Å². The molecule has 0 bridgehead atoms. The van der Waals surface area contributed by atoms with Crippen molar-refractivity contribution < 1.29 is 14.3 Å². The molecule has 1 aliphatic rings. The molecule has 1 saturated heterocycles. The van der Waals surface area contributed by atoms with Gasteiger partial charge in [-0.15, -0.1) is 0 Å². The van der Waals surface area contributed by atoms with E-state index < -0.39 is 5.60 Å². The van der Waals surface area contributed by atoms with Gasteiger partial charge in [0.1, 0.15) is 5.60 Å². The lowest BCUT2D eigenvalue weighted by Crippen LogP contribution is -2.36. The molecule has 12 heavy (non-hydrogen) atoms. The number of Topliss-reactive ketones (excluding diaryl/α,β-unsaturated/α-hetero) is 1. The Hall–Kier alpha value is -0.410. The molecular weight excluding hydrogens is 156 g/mol. The van der Waals surface area contributed by atoms with Gasteiger partial charge in [-0.1, -0.05) is 13.8 Å². The smallest absolute Gasteiger partial charge is 0.163 e. The molecule has 1 rings (SSSR count). The van der Waals surface area contributed by atoms with Gasteiger partial charge >= 0.3 is 0 Å². The molecule has 1 heterocycles. The molecule has 0 aliphatic carbocycles. The van der Waals surface area contributed by atoms with Gasteiger partial charge in [0.15, 0.2) is 12.1 Å². The SMILES string of the molecule is CC(=O)C1(C)COC(C(C)C)O1. The normalized spacial score (nSPS) is 35.9. The van der Waals surface area contributed by atoms with Gasteiger partial charge in [0, 0.05) is 5.92 Å². The molecule has 3 nitrogen and oxygen atoms in total. The Labute approximate surface area is 73.0 Å². The lowest BCUT2D eigenvalue weighted by atomic mass is 10.0. The molecule has 2 atom stereocenters. The van der Waals surface area contributed by atoms with Crippen LogP contribution in [0, 0.1) is 5.92 Å². The Balaban J connectivity index is 2.61. The van der Waals surface area contributed by atoms with Gasteiger partial charge in [-0.2, -0.15) is 0 Å². The number of hydrogen-bond donors (Lipinski definition) is 0. The Morgan fingerprint density at radius 3 is 2.42 bits per heavy atom. The van der Waals surface area contributed by atoms with Crippen LogP contribution in [0.4, 0.5) is 0 Å². The Morgan fingerprint density at radius 1 is 1.58 bits per heavy atom. The summed E-state index contributed by atoms with van der Waals surface area (Å²) in [6.07, 6.45) is -0.223. The van der Waals surface area contributed by atoms with Gasteiger partial charge in [0.05, 0.1) is 6.61 Å². The minimum atomic E-state index is -0.713. The topological polar surface area (TPSA) is 35.5 Å². The fourth-order valence-corrected chi connectivity index (χ4v) is 1.08. The maximum absolute atomic E-state index is 11.1. The zero-order valence-corrected chi connectivity index (χ0v) is 8.09. The van der Waals surface area contributed by atoms with Crippen molar-refractivity contribution in [1.29, 1.82) is 0 Å². The number of ketones is 1. The number of carbonyl (C=O) groups is 1. The van der Waals surface area contributed by atoms with E-state index in [-0.39, 0.29) is 12.1 Å². The molecule has 0 aromatic carbocycles. The van der Waals surface area contributed by atoms with E-state index in [0.29, 0.717) is 12.5 Å². The minimum Gasteiger partial charge on any atom is -0.349 e. The van der Waals surface area contributed by atoms with Crippen molar-refractivity contribution in [3.05, 3.63) is 0 Å². The largest absolute Gasteiger partial charge is 0.349 e. The Morgan fingerprint density at radius 2 is 2.17 bits per heavy atom. The first kappa shape index (κ1) is 9.68. The van der Waals surface area contributed by atoms with Crippen molar-refractivity contribution >= 4 is 5.78 Å². The summed E-state index contributed by atoms with van der Waals surface area (Å²) in [5.74, 6) is 0.330. The van der Waals surface area contributed by atoms with E-state index in [1.54, 1.807) is 6.92 Å². The molecule has 0 radical (unpaired) electrons. The van der Waals surface area contributed by atoms with Crippen LogP contribution in [0.25, 0.3) is 0 Å². The van der Waals surface area contributed by atoms with Crippen LogP contribution in [0.15, 0.2) is 0 Å². The summed E-state index contributed by atoms with van der Waals surface area (Å²) in [6, 6.07) is 0. The molecule has 70 valence electrons. The summed E-state index contributed by atoms with van der Waals surface area (Å²) < 4.78 is 10.8. The highest BCUT2D eigenvalue weighted by Gasteiger charge is 2.41. The van der Waals surface area contributed by atoms with E-state index in [4.69, 9.17) is 9.47 Å². The first-order valence-electron chi connectivity index (χ1n) is 4.26. The van der Waals surface area contributed by atoms with Crippen LogP contribution in [0.1, 0.15) is 27.7 Å². The van der Waals surface area contributed by atoms with Gasteiger partial charge in [-0.05, 0) is 13.8 Å². The van der Waals surface area contributed by atoms with E-state index in [9.17, 15) is 4.79 Å². The third kappa shape index (κ3) is 1.67. The average molecular weight is 172 g/mol. The number of hydrogen-bond acceptors (Lipinski definition) is 3. The van der Waals surface area contributed by atoms with Crippen LogP contribution in [0.3, 0.4) is 0 Å². The zero-order chi connectivity index (χ0) is 9.35. The van der Waals surface area contributed by atoms with Crippen molar-refractivity contribution in [2.24, 2.45) is 5.92 Å². The maximum atomic E-state index is 11.1. The van der Waals surface area contributed by atoms with Gasteiger partial charge in [-0.3, -0.25) is 4.79 Å². The van der Waals surface area contributed by atoms with Gasteiger partial charge in [-0.25, -0.2) is 0 Å². The second-order valence-electron chi connectivity index (χ2n) is 3.83. The third-order valence-electron chi connectivity index (χ3n) is 2.19. The molecule has 1 aliphatic heterocycles. The zero-order valence-electron chi connectivity index (χ0n) is 8.09. The number of ether oxygens (including phenoxy) is 2. The number of carbonyl (C=O) groups excluding carboxylic acids is 1. The molecule has 3 heteroatoms. The molecular formula is C9H16O3. The quantitative estimate of drug-likeness (QED) is 0.631. The average Bonchev–Trinajstić information content (AvgIpc) is 2.33. The summed E-state index contributed by atoms with van der Waals surface area (Å²) in [6.45, 7) is 7.71. The van der Waals surface area contributed by atoms with E-state index in [2.05, 4.69) is 0 Å². The second kappa shape index (κ2) is 3.15.